The molecule has 1 rings (SSSR count). The Morgan fingerprint density at radius 2 is 2.46 bits per heavy atom. The summed E-state index contributed by atoms with van der Waals surface area (Å²) < 4.78 is 0. The van der Waals surface area contributed by atoms with Gasteiger partial charge in [-0.3, -0.25) is 0 Å². The second-order valence-electron chi connectivity index (χ2n) is 3.26. The van der Waals surface area contributed by atoms with E-state index in [9.17, 15) is 0 Å². The smallest absolute Gasteiger partial charge is 0.0666 e. The summed E-state index contributed by atoms with van der Waals surface area (Å²) in [5.74, 6) is 3.99. The molecule has 13 heavy (non-hydrogen) atoms. The monoisotopic (exact) mass is 216 g/mol. The normalized spacial score (nSPS) is 25.1. The topological polar surface area (TPSA) is 35.8 Å². The Hall–Kier alpha value is 0.150. The van der Waals surface area contributed by atoms with Crippen molar-refractivity contribution in [2.24, 2.45) is 5.92 Å². The summed E-state index contributed by atoms with van der Waals surface area (Å²) in [7, 11) is 0. The zero-order valence-electron chi connectivity index (χ0n) is 7.95. The molecule has 0 radical (unpaired) electrons. The second-order valence-corrected chi connectivity index (χ2v) is 5.81. The van der Waals surface area contributed by atoms with E-state index in [1.54, 1.807) is 0 Å². The van der Waals surface area contributed by atoms with Gasteiger partial charge in [-0.2, -0.15) is 28.8 Å². The van der Waals surface area contributed by atoms with E-state index in [-0.39, 0.29) is 5.92 Å². The number of nitriles is 1. The van der Waals surface area contributed by atoms with Gasteiger partial charge in [-0.25, -0.2) is 0 Å². The Labute approximate surface area is 88.8 Å². The standard InChI is InChI=1S/C9H16N2S2/c1-8(4-10)5-11-6-9-7-12-2-3-13-9/h8-9,11H,2-3,5-7H2,1H3. The minimum atomic E-state index is 0.140. The average molecular weight is 216 g/mol. The predicted octanol–water partition coefficient (Wildman–Crippen LogP) is 1.58. The van der Waals surface area contributed by atoms with Crippen molar-refractivity contribution >= 4 is 23.5 Å². The summed E-state index contributed by atoms with van der Waals surface area (Å²) in [4.78, 5) is 0. The molecule has 0 bridgehead atoms. The van der Waals surface area contributed by atoms with Gasteiger partial charge >= 0.3 is 0 Å². The van der Waals surface area contributed by atoms with Gasteiger partial charge in [0.25, 0.3) is 0 Å². The summed E-state index contributed by atoms with van der Waals surface area (Å²) in [6.07, 6.45) is 0. The van der Waals surface area contributed by atoms with Crippen LogP contribution in [0.25, 0.3) is 0 Å². The van der Waals surface area contributed by atoms with Gasteiger partial charge in [0.1, 0.15) is 0 Å². The lowest BCUT2D eigenvalue weighted by molar-refractivity contribution is 0.602. The van der Waals surface area contributed by atoms with Crippen LogP contribution in [0.3, 0.4) is 0 Å². The second kappa shape index (κ2) is 6.58. The summed E-state index contributed by atoms with van der Waals surface area (Å²) in [5, 5.41) is 12.7. The van der Waals surface area contributed by atoms with Gasteiger partial charge in [0.15, 0.2) is 0 Å². The Bertz CT molecular complexity index is 173. The van der Waals surface area contributed by atoms with E-state index >= 15 is 0 Å². The molecular weight excluding hydrogens is 200 g/mol. The third kappa shape index (κ3) is 4.80. The number of rotatable bonds is 4. The molecule has 1 aliphatic heterocycles. The van der Waals surface area contributed by atoms with Crippen molar-refractivity contribution in [2.75, 3.05) is 30.3 Å². The SMILES string of the molecule is CC(C#N)CNCC1CSCCS1. The van der Waals surface area contributed by atoms with Crippen LogP contribution in [-0.2, 0) is 0 Å². The average Bonchev–Trinajstić information content (AvgIpc) is 2.19. The molecule has 2 atom stereocenters. The highest BCUT2D eigenvalue weighted by molar-refractivity contribution is 8.06. The molecule has 1 aliphatic rings. The third-order valence-electron chi connectivity index (χ3n) is 1.93. The molecule has 2 nitrogen and oxygen atoms in total. The highest BCUT2D eigenvalue weighted by atomic mass is 32.2. The van der Waals surface area contributed by atoms with E-state index < -0.39 is 0 Å². The van der Waals surface area contributed by atoms with Crippen molar-refractivity contribution < 1.29 is 0 Å². The maximum Gasteiger partial charge on any atom is 0.0666 e. The molecule has 1 N–H and O–H groups in total. The highest BCUT2D eigenvalue weighted by Crippen LogP contribution is 2.23. The lowest BCUT2D eigenvalue weighted by Gasteiger charge is -2.21. The maximum atomic E-state index is 8.57. The van der Waals surface area contributed by atoms with Gasteiger partial charge in [-0.05, 0) is 6.92 Å². The van der Waals surface area contributed by atoms with Crippen molar-refractivity contribution in [3.05, 3.63) is 0 Å². The number of nitrogens with zero attached hydrogens (tertiary/aromatic N) is 1. The first-order chi connectivity index (χ1) is 6.33. The van der Waals surface area contributed by atoms with Gasteiger partial charge < -0.3 is 5.32 Å². The molecule has 0 spiro atoms. The third-order valence-corrected chi connectivity index (χ3v) is 4.77. The Balaban J connectivity index is 2.02. The number of hydrogen-bond donors (Lipinski definition) is 1. The molecule has 1 fully saturated rings. The van der Waals surface area contributed by atoms with Crippen LogP contribution in [0.5, 0.6) is 0 Å². The Kier molecular flexibility index (Phi) is 5.68. The van der Waals surface area contributed by atoms with E-state index in [1.165, 1.54) is 17.3 Å². The molecule has 0 aliphatic carbocycles. The molecule has 0 saturated carbocycles. The summed E-state index contributed by atoms with van der Waals surface area (Å²) >= 11 is 4.10. The van der Waals surface area contributed by atoms with E-state index in [1.807, 2.05) is 18.7 Å². The first-order valence-corrected chi connectivity index (χ1v) is 6.83. The molecule has 74 valence electrons. The minimum absolute atomic E-state index is 0.140. The molecular formula is C9H16N2S2. The molecule has 4 heteroatoms. The van der Waals surface area contributed by atoms with Crippen LogP contribution < -0.4 is 5.32 Å². The number of hydrogen-bond acceptors (Lipinski definition) is 4. The molecule has 0 aromatic heterocycles. The van der Waals surface area contributed by atoms with Crippen molar-refractivity contribution in [3.63, 3.8) is 0 Å². The van der Waals surface area contributed by atoms with E-state index in [0.29, 0.717) is 0 Å². The van der Waals surface area contributed by atoms with Crippen molar-refractivity contribution in [1.29, 1.82) is 5.26 Å². The van der Waals surface area contributed by atoms with E-state index in [2.05, 4.69) is 23.1 Å². The fraction of sp³-hybridized carbons (Fsp3) is 0.889. The van der Waals surface area contributed by atoms with Crippen LogP contribution >= 0.6 is 23.5 Å². The lowest BCUT2D eigenvalue weighted by Crippen LogP contribution is -2.31. The lowest BCUT2D eigenvalue weighted by atomic mass is 10.2. The molecule has 0 aromatic rings. The van der Waals surface area contributed by atoms with Crippen molar-refractivity contribution in [2.45, 2.75) is 12.2 Å². The van der Waals surface area contributed by atoms with Gasteiger partial charge in [-0.15, -0.1) is 0 Å². The largest absolute Gasteiger partial charge is 0.314 e. The van der Waals surface area contributed by atoms with E-state index in [0.717, 1.165) is 18.3 Å². The van der Waals surface area contributed by atoms with Gasteiger partial charge in [0.2, 0.25) is 0 Å². The molecule has 2 unspecified atom stereocenters. The maximum absolute atomic E-state index is 8.57. The van der Waals surface area contributed by atoms with Crippen molar-refractivity contribution in [3.8, 4) is 6.07 Å². The zero-order chi connectivity index (χ0) is 9.52. The van der Waals surface area contributed by atoms with Crippen LogP contribution in [0, 0.1) is 17.2 Å². The van der Waals surface area contributed by atoms with Crippen LogP contribution in [0.4, 0.5) is 0 Å². The summed E-state index contributed by atoms with van der Waals surface area (Å²) in [6, 6.07) is 2.23. The first kappa shape index (κ1) is 11.2. The molecule has 0 aromatic carbocycles. The van der Waals surface area contributed by atoms with Crippen molar-refractivity contribution in [1.82, 2.24) is 5.32 Å². The molecule has 0 amide bonds. The van der Waals surface area contributed by atoms with Crippen LogP contribution in [0.2, 0.25) is 0 Å². The highest BCUT2D eigenvalue weighted by Gasteiger charge is 2.13. The number of nitrogens with one attached hydrogen (secondary N) is 1. The van der Waals surface area contributed by atoms with Crippen LogP contribution in [0.15, 0.2) is 0 Å². The van der Waals surface area contributed by atoms with E-state index in [4.69, 9.17) is 5.26 Å². The minimum Gasteiger partial charge on any atom is -0.314 e. The van der Waals surface area contributed by atoms with Crippen LogP contribution in [0.1, 0.15) is 6.92 Å². The zero-order valence-corrected chi connectivity index (χ0v) is 9.59. The summed E-state index contributed by atoms with van der Waals surface area (Å²) in [6.45, 7) is 3.84. The van der Waals surface area contributed by atoms with Gasteiger partial charge in [-0.1, -0.05) is 0 Å². The molecule has 1 saturated heterocycles. The fourth-order valence-electron chi connectivity index (χ4n) is 1.16. The van der Waals surface area contributed by atoms with Gasteiger partial charge in [0.05, 0.1) is 12.0 Å². The van der Waals surface area contributed by atoms with Gasteiger partial charge in [0, 0.05) is 35.6 Å². The predicted molar refractivity (Wildman–Crippen MR) is 61.2 cm³/mol. The number of thioether (sulfide) groups is 2. The summed E-state index contributed by atoms with van der Waals surface area (Å²) in [5.41, 5.74) is 0. The quantitative estimate of drug-likeness (QED) is 0.774. The van der Waals surface area contributed by atoms with Crippen LogP contribution in [-0.4, -0.2) is 35.6 Å². The molecule has 1 heterocycles. The fourth-order valence-corrected chi connectivity index (χ4v) is 3.81. The Morgan fingerprint density at radius 3 is 3.08 bits per heavy atom. The Morgan fingerprint density at radius 1 is 1.62 bits per heavy atom. The first-order valence-electron chi connectivity index (χ1n) is 4.62.